The fraction of sp³-hybridized carbons (Fsp3) is 0.333. The summed E-state index contributed by atoms with van der Waals surface area (Å²) in [7, 11) is -3.64. The van der Waals surface area contributed by atoms with E-state index in [1.165, 1.54) is 6.07 Å². The van der Waals surface area contributed by atoms with Gasteiger partial charge in [-0.3, -0.25) is 4.79 Å². The summed E-state index contributed by atoms with van der Waals surface area (Å²) in [6.45, 7) is 7.09. The highest BCUT2D eigenvalue weighted by Gasteiger charge is 2.24. The van der Waals surface area contributed by atoms with Crippen LogP contribution in [0, 0.1) is 6.92 Å². The fourth-order valence-electron chi connectivity index (χ4n) is 2.01. The van der Waals surface area contributed by atoms with Gasteiger partial charge in [0.1, 0.15) is 0 Å². The summed E-state index contributed by atoms with van der Waals surface area (Å²) >= 11 is 0. The molecular weight excluding hydrogens is 302 g/mol. The van der Waals surface area contributed by atoms with Gasteiger partial charge in [0, 0.05) is 17.2 Å². The molecule has 6 nitrogen and oxygen atoms in total. The zero-order chi connectivity index (χ0) is 16.5. The molecule has 0 aliphatic carbocycles. The van der Waals surface area contributed by atoms with Crippen molar-refractivity contribution in [3.63, 3.8) is 0 Å². The van der Waals surface area contributed by atoms with Crippen LogP contribution in [0.5, 0.6) is 0 Å². The van der Waals surface area contributed by atoms with Crippen molar-refractivity contribution in [1.29, 1.82) is 0 Å². The van der Waals surface area contributed by atoms with Crippen molar-refractivity contribution in [1.82, 2.24) is 14.9 Å². The Morgan fingerprint density at radius 2 is 1.82 bits per heavy atom. The summed E-state index contributed by atoms with van der Waals surface area (Å²) in [5, 5.41) is 6.26. The van der Waals surface area contributed by atoms with Crippen LogP contribution >= 0.6 is 0 Å². The van der Waals surface area contributed by atoms with Crippen molar-refractivity contribution in [2.75, 3.05) is 0 Å². The highest BCUT2D eigenvalue weighted by atomic mass is 32.2. The number of aryl methyl sites for hydroxylation is 1. The van der Waals surface area contributed by atoms with E-state index in [0.717, 1.165) is 0 Å². The largest absolute Gasteiger partial charge is 0.268 e. The van der Waals surface area contributed by atoms with E-state index in [-0.39, 0.29) is 10.5 Å². The van der Waals surface area contributed by atoms with E-state index in [9.17, 15) is 13.2 Å². The Morgan fingerprint density at radius 3 is 2.36 bits per heavy atom. The molecule has 1 aromatic carbocycles. The van der Waals surface area contributed by atoms with Crippen LogP contribution in [0.1, 0.15) is 26.3 Å². The fourth-order valence-corrected chi connectivity index (χ4v) is 3.70. The SMILES string of the molecule is Cc1ccc(-c2ccc(=O)[nH]n2)cc1S(=O)(=O)NC(C)(C)C. The van der Waals surface area contributed by atoms with E-state index in [1.54, 1.807) is 52.0 Å². The molecule has 0 spiro atoms. The summed E-state index contributed by atoms with van der Waals surface area (Å²) in [5.74, 6) is 0. The third kappa shape index (κ3) is 3.80. The van der Waals surface area contributed by atoms with Gasteiger partial charge >= 0.3 is 0 Å². The number of aromatic nitrogens is 2. The van der Waals surface area contributed by atoms with Crippen molar-refractivity contribution in [2.45, 2.75) is 38.1 Å². The maximum absolute atomic E-state index is 12.5. The lowest BCUT2D eigenvalue weighted by Gasteiger charge is -2.21. The summed E-state index contributed by atoms with van der Waals surface area (Å²) < 4.78 is 27.7. The first-order chi connectivity index (χ1) is 10.1. The van der Waals surface area contributed by atoms with Crippen molar-refractivity contribution in [3.05, 3.63) is 46.2 Å². The predicted molar refractivity (Wildman–Crippen MR) is 85.1 cm³/mol. The van der Waals surface area contributed by atoms with Gasteiger partial charge in [-0.1, -0.05) is 12.1 Å². The Kier molecular flexibility index (Phi) is 4.21. The molecule has 22 heavy (non-hydrogen) atoms. The first-order valence-corrected chi connectivity index (χ1v) is 8.27. The molecule has 0 atom stereocenters. The number of aromatic amines is 1. The zero-order valence-corrected chi connectivity index (χ0v) is 13.8. The van der Waals surface area contributed by atoms with Crippen molar-refractivity contribution in [3.8, 4) is 11.3 Å². The van der Waals surface area contributed by atoms with E-state index < -0.39 is 15.6 Å². The topological polar surface area (TPSA) is 91.9 Å². The standard InChI is InChI=1S/C15H19N3O3S/c1-10-5-6-11(12-7-8-14(19)17-16-12)9-13(10)22(20,21)18-15(2,3)4/h5-9,18H,1-4H3,(H,17,19). The van der Waals surface area contributed by atoms with Crippen molar-refractivity contribution < 1.29 is 8.42 Å². The Labute approximate surface area is 129 Å². The maximum Gasteiger partial charge on any atom is 0.264 e. The molecular formula is C15H19N3O3S. The predicted octanol–water partition coefficient (Wildman–Crippen LogP) is 1.82. The first-order valence-electron chi connectivity index (χ1n) is 6.79. The molecule has 2 rings (SSSR count). The second-order valence-electron chi connectivity index (χ2n) is 6.14. The summed E-state index contributed by atoms with van der Waals surface area (Å²) in [5.41, 5.74) is 0.892. The van der Waals surface area contributed by atoms with E-state index in [4.69, 9.17) is 0 Å². The number of hydrogen-bond acceptors (Lipinski definition) is 4. The molecule has 1 aromatic heterocycles. The molecule has 0 aliphatic rings. The van der Waals surface area contributed by atoms with Crippen molar-refractivity contribution >= 4 is 10.0 Å². The minimum absolute atomic E-state index is 0.202. The van der Waals surface area contributed by atoms with Crippen LogP contribution in [-0.4, -0.2) is 24.2 Å². The minimum Gasteiger partial charge on any atom is -0.268 e. The second kappa shape index (κ2) is 5.66. The van der Waals surface area contributed by atoms with Gasteiger partial charge in [-0.2, -0.15) is 5.10 Å². The van der Waals surface area contributed by atoms with Crippen LogP contribution in [0.4, 0.5) is 0 Å². The molecule has 1 heterocycles. The quantitative estimate of drug-likeness (QED) is 0.902. The van der Waals surface area contributed by atoms with Gasteiger partial charge in [-0.05, 0) is 45.4 Å². The van der Waals surface area contributed by atoms with Crippen LogP contribution in [0.3, 0.4) is 0 Å². The number of sulfonamides is 1. The first kappa shape index (κ1) is 16.4. The highest BCUT2D eigenvalue weighted by molar-refractivity contribution is 7.89. The Balaban J connectivity index is 2.52. The van der Waals surface area contributed by atoms with Crippen LogP contribution in [0.15, 0.2) is 40.0 Å². The van der Waals surface area contributed by atoms with Crippen molar-refractivity contribution in [2.24, 2.45) is 0 Å². The summed E-state index contributed by atoms with van der Waals surface area (Å²) in [6.07, 6.45) is 0. The normalized spacial score (nSPS) is 12.4. The molecule has 0 aliphatic heterocycles. The molecule has 0 bridgehead atoms. The third-order valence-electron chi connectivity index (χ3n) is 2.89. The number of nitrogens with one attached hydrogen (secondary N) is 2. The number of H-pyrrole nitrogens is 1. The van der Waals surface area contributed by atoms with Gasteiger partial charge in [0.05, 0.1) is 10.6 Å². The lowest BCUT2D eigenvalue weighted by molar-refractivity contribution is 0.491. The molecule has 0 fully saturated rings. The smallest absolute Gasteiger partial charge is 0.264 e. The van der Waals surface area contributed by atoms with Gasteiger partial charge < -0.3 is 0 Å². The molecule has 7 heteroatoms. The molecule has 0 amide bonds. The molecule has 2 aromatic rings. The maximum atomic E-state index is 12.5. The zero-order valence-electron chi connectivity index (χ0n) is 13.0. The molecule has 0 radical (unpaired) electrons. The summed E-state index contributed by atoms with van der Waals surface area (Å²) in [6, 6.07) is 7.95. The molecule has 0 unspecified atom stereocenters. The minimum atomic E-state index is -3.64. The van der Waals surface area contributed by atoms with Gasteiger partial charge in [-0.25, -0.2) is 18.2 Å². The van der Waals surface area contributed by atoms with Crippen LogP contribution < -0.4 is 10.3 Å². The lowest BCUT2D eigenvalue weighted by Crippen LogP contribution is -2.40. The van der Waals surface area contributed by atoms with Gasteiger partial charge in [-0.15, -0.1) is 0 Å². The number of hydrogen-bond donors (Lipinski definition) is 2. The van der Waals surface area contributed by atoms with E-state index >= 15 is 0 Å². The monoisotopic (exact) mass is 321 g/mol. The lowest BCUT2D eigenvalue weighted by atomic mass is 10.1. The van der Waals surface area contributed by atoms with Gasteiger partial charge in [0.15, 0.2) is 0 Å². The number of nitrogens with zero attached hydrogens (tertiary/aromatic N) is 1. The van der Waals surface area contributed by atoms with Crippen LogP contribution in [0.25, 0.3) is 11.3 Å². The average molecular weight is 321 g/mol. The Bertz CT molecular complexity index is 829. The average Bonchev–Trinajstić information content (AvgIpc) is 2.37. The van der Waals surface area contributed by atoms with E-state index in [1.807, 2.05) is 0 Å². The number of rotatable bonds is 3. The second-order valence-corrected chi connectivity index (χ2v) is 7.79. The third-order valence-corrected chi connectivity index (χ3v) is 4.79. The molecule has 0 saturated heterocycles. The highest BCUT2D eigenvalue weighted by Crippen LogP contribution is 2.24. The Morgan fingerprint density at radius 1 is 1.14 bits per heavy atom. The Hall–Kier alpha value is -1.99. The van der Waals surface area contributed by atoms with Crippen LogP contribution in [-0.2, 0) is 10.0 Å². The van der Waals surface area contributed by atoms with Gasteiger partial charge in [0.25, 0.3) is 5.56 Å². The molecule has 0 saturated carbocycles. The van der Waals surface area contributed by atoms with Gasteiger partial charge in [0.2, 0.25) is 10.0 Å². The summed E-state index contributed by atoms with van der Waals surface area (Å²) in [4.78, 5) is 11.3. The number of benzene rings is 1. The van der Waals surface area contributed by atoms with E-state index in [0.29, 0.717) is 16.8 Å². The van der Waals surface area contributed by atoms with Crippen LogP contribution in [0.2, 0.25) is 0 Å². The molecule has 2 N–H and O–H groups in total. The van der Waals surface area contributed by atoms with E-state index in [2.05, 4.69) is 14.9 Å². The molecule has 118 valence electrons.